The molecule has 1 heterocycles. The van der Waals surface area contributed by atoms with Gasteiger partial charge in [0.1, 0.15) is 5.76 Å². The van der Waals surface area contributed by atoms with Crippen molar-refractivity contribution in [2.45, 2.75) is 6.92 Å². The molecular weight excluding hydrogens is 166 g/mol. The molecule has 1 aliphatic heterocycles. The number of hydrogen-bond donors (Lipinski definition) is 0. The molecule has 0 aromatic heterocycles. The Labute approximate surface area is 78.0 Å². The standard InChI is InChI=1S/C10H13NO2/c1-7(2)5-9-8(3)13-6-10(12)11(9)4/h5H,1,3,6H2,2,4H3/b9-5+. The number of carbonyl (C=O) groups is 1. The molecule has 0 N–H and O–H groups in total. The van der Waals surface area contributed by atoms with Crippen LogP contribution in [0.1, 0.15) is 6.92 Å². The van der Waals surface area contributed by atoms with E-state index in [-0.39, 0.29) is 12.5 Å². The molecule has 13 heavy (non-hydrogen) atoms. The Balaban J connectivity index is 2.97. The van der Waals surface area contributed by atoms with Gasteiger partial charge in [0, 0.05) is 7.05 Å². The van der Waals surface area contributed by atoms with Crippen LogP contribution in [0, 0.1) is 0 Å². The van der Waals surface area contributed by atoms with Crippen molar-refractivity contribution in [1.82, 2.24) is 4.90 Å². The van der Waals surface area contributed by atoms with Crippen molar-refractivity contribution in [3.8, 4) is 0 Å². The summed E-state index contributed by atoms with van der Waals surface area (Å²) in [5, 5.41) is 0. The van der Waals surface area contributed by atoms with Gasteiger partial charge in [-0.05, 0) is 13.0 Å². The third kappa shape index (κ3) is 1.99. The first-order valence-corrected chi connectivity index (χ1v) is 3.98. The second kappa shape index (κ2) is 3.47. The van der Waals surface area contributed by atoms with Gasteiger partial charge in [0.25, 0.3) is 5.91 Å². The molecule has 3 nitrogen and oxygen atoms in total. The maximum atomic E-state index is 11.2. The summed E-state index contributed by atoms with van der Waals surface area (Å²) in [6.07, 6.45) is 1.78. The lowest BCUT2D eigenvalue weighted by molar-refractivity contribution is -0.134. The third-order valence-electron chi connectivity index (χ3n) is 1.77. The van der Waals surface area contributed by atoms with Crippen molar-refractivity contribution in [2.24, 2.45) is 0 Å². The predicted molar refractivity (Wildman–Crippen MR) is 50.8 cm³/mol. The van der Waals surface area contributed by atoms with E-state index in [1.807, 2.05) is 6.92 Å². The van der Waals surface area contributed by atoms with Gasteiger partial charge in [0.05, 0.1) is 5.70 Å². The lowest BCUT2D eigenvalue weighted by atomic mass is 10.2. The fraction of sp³-hybridized carbons (Fsp3) is 0.300. The topological polar surface area (TPSA) is 29.5 Å². The number of amides is 1. The molecule has 1 aliphatic rings. The fourth-order valence-corrected chi connectivity index (χ4v) is 1.05. The quantitative estimate of drug-likeness (QED) is 0.609. The predicted octanol–water partition coefficient (Wildman–Crippen LogP) is 1.45. The fourth-order valence-electron chi connectivity index (χ4n) is 1.05. The Hall–Kier alpha value is -1.51. The van der Waals surface area contributed by atoms with Crippen molar-refractivity contribution >= 4 is 5.91 Å². The van der Waals surface area contributed by atoms with Crippen LogP contribution in [0.3, 0.4) is 0 Å². The third-order valence-corrected chi connectivity index (χ3v) is 1.77. The van der Waals surface area contributed by atoms with Gasteiger partial charge < -0.3 is 9.64 Å². The molecule has 1 rings (SSSR count). The average Bonchev–Trinajstić information content (AvgIpc) is 2.05. The molecule has 0 spiro atoms. The molecule has 1 amide bonds. The zero-order valence-electron chi connectivity index (χ0n) is 7.96. The van der Waals surface area contributed by atoms with Gasteiger partial charge in [-0.25, -0.2) is 0 Å². The van der Waals surface area contributed by atoms with Gasteiger partial charge in [-0.3, -0.25) is 4.79 Å². The summed E-state index contributed by atoms with van der Waals surface area (Å²) in [4.78, 5) is 12.7. The van der Waals surface area contributed by atoms with E-state index in [1.54, 1.807) is 13.1 Å². The minimum Gasteiger partial charge on any atom is -0.482 e. The SMILES string of the molecule is C=C(C)/C=C1\C(=C)OCC(=O)N1C. The maximum Gasteiger partial charge on any atom is 0.264 e. The number of carbonyl (C=O) groups excluding carboxylic acids is 1. The van der Waals surface area contributed by atoms with E-state index in [2.05, 4.69) is 13.2 Å². The Morgan fingerprint density at radius 2 is 2.31 bits per heavy atom. The van der Waals surface area contributed by atoms with Crippen LogP contribution in [-0.4, -0.2) is 24.5 Å². The van der Waals surface area contributed by atoms with Crippen molar-refractivity contribution in [1.29, 1.82) is 0 Å². The molecule has 0 aromatic carbocycles. The van der Waals surface area contributed by atoms with Crippen molar-refractivity contribution in [3.63, 3.8) is 0 Å². The summed E-state index contributed by atoms with van der Waals surface area (Å²) in [5.41, 5.74) is 1.55. The highest BCUT2D eigenvalue weighted by Gasteiger charge is 2.22. The summed E-state index contributed by atoms with van der Waals surface area (Å²) in [6.45, 7) is 9.37. The second-order valence-electron chi connectivity index (χ2n) is 3.04. The number of likely N-dealkylation sites (N-methyl/N-ethyl adjacent to an activating group) is 1. The molecule has 0 atom stereocenters. The highest BCUT2D eigenvalue weighted by atomic mass is 16.5. The van der Waals surface area contributed by atoms with Crippen molar-refractivity contribution in [3.05, 3.63) is 36.3 Å². The normalized spacial score (nSPS) is 20.5. The maximum absolute atomic E-state index is 11.2. The molecule has 0 unspecified atom stereocenters. The number of hydrogen-bond acceptors (Lipinski definition) is 2. The molecule has 0 radical (unpaired) electrons. The Bertz CT molecular complexity index is 302. The van der Waals surface area contributed by atoms with Crippen molar-refractivity contribution in [2.75, 3.05) is 13.7 Å². The number of morpholine rings is 1. The van der Waals surface area contributed by atoms with Gasteiger partial charge in [0.2, 0.25) is 0 Å². The molecule has 0 saturated carbocycles. The molecule has 70 valence electrons. The molecule has 3 heteroatoms. The van der Waals surface area contributed by atoms with Gasteiger partial charge >= 0.3 is 0 Å². The smallest absolute Gasteiger partial charge is 0.264 e. The highest BCUT2D eigenvalue weighted by Crippen LogP contribution is 2.20. The van der Waals surface area contributed by atoms with E-state index in [9.17, 15) is 4.79 Å². The highest BCUT2D eigenvalue weighted by molar-refractivity contribution is 5.81. The van der Waals surface area contributed by atoms with E-state index >= 15 is 0 Å². The zero-order valence-corrected chi connectivity index (χ0v) is 7.96. The second-order valence-corrected chi connectivity index (χ2v) is 3.04. The van der Waals surface area contributed by atoms with Crippen LogP contribution in [0.4, 0.5) is 0 Å². The minimum absolute atomic E-state index is 0.0695. The van der Waals surface area contributed by atoms with Crippen molar-refractivity contribution < 1.29 is 9.53 Å². The van der Waals surface area contributed by atoms with E-state index in [1.165, 1.54) is 4.90 Å². The van der Waals surface area contributed by atoms with E-state index in [0.717, 1.165) is 5.57 Å². The molecule has 1 fully saturated rings. The monoisotopic (exact) mass is 179 g/mol. The Kier molecular flexibility index (Phi) is 2.56. The van der Waals surface area contributed by atoms with Crippen LogP contribution in [-0.2, 0) is 9.53 Å². The lowest BCUT2D eigenvalue weighted by Gasteiger charge is -2.27. The van der Waals surface area contributed by atoms with E-state index < -0.39 is 0 Å². The number of allylic oxidation sites excluding steroid dienone is 2. The van der Waals surface area contributed by atoms with Gasteiger partial charge in [-0.15, -0.1) is 0 Å². The van der Waals surface area contributed by atoms with E-state index in [4.69, 9.17) is 4.74 Å². The Morgan fingerprint density at radius 3 is 2.85 bits per heavy atom. The van der Waals surface area contributed by atoms with Gasteiger partial charge in [-0.2, -0.15) is 0 Å². The van der Waals surface area contributed by atoms with Crippen LogP contribution in [0.2, 0.25) is 0 Å². The molecule has 0 bridgehead atoms. The number of nitrogens with zero attached hydrogens (tertiary/aromatic N) is 1. The van der Waals surface area contributed by atoms with Gasteiger partial charge in [-0.1, -0.05) is 18.7 Å². The summed E-state index contributed by atoms with van der Waals surface area (Å²) in [6, 6.07) is 0. The van der Waals surface area contributed by atoms with Crippen LogP contribution >= 0.6 is 0 Å². The summed E-state index contributed by atoms with van der Waals surface area (Å²) < 4.78 is 5.08. The Morgan fingerprint density at radius 1 is 1.69 bits per heavy atom. The average molecular weight is 179 g/mol. The number of ether oxygens (including phenoxy) is 1. The summed E-state index contributed by atoms with van der Waals surface area (Å²) in [7, 11) is 1.70. The van der Waals surface area contributed by atoms with Crippen LogP contribution in [0.15, 0.2) is 36.3 Å². The zero-order chi connectivity index (χ0) is 10.0. The first kappa shape index (κ1) is 9.58. The lowest BCUT2D eigenvalue weighted by Crippen LogP contribution is -2.35. The largest absolute Gasteiger partial charge is 0.482 e. The minimum atomic E-state index is -0.0695. The van der Waals surface area contributed by atoms with Crippen LogP contribution in [0.25, 0.3) is 0 Å². The molecule has 1 saturated heterocycles. The summed E-state index contributed by atoms with van der Waals surface area (Å²) in [5.74, 6) is 0.449. The number of rotatable bonds is 1. The first-order chi connectivity index (χ1) is 6.02. The molecule has 0 aliphatic carbocycles. The van der Waals surface area contributed by atoms with Gasteiger partial charge in [0.15, 0.2) is 6.61 Å². The summed E-state index contributed by atoms with van der Waals surface area (Å²) >= 11 is 0. The van der Waals surface area contributed by atoms with Crippen LogP contribution in [0.5, 0.6) is 0 Å². The molecular formula is C10H13NO2. The molecule has 0 aromatic rings. The van der Waals surface area contributed by atoms with E-state index in [0.29, 0.717) is 11.5 Å². The first-order valence-electron chi connectivity index (χ1n) is 3.98. The van der Waals surface area contributed by atoms with Crippen LogP contribution < -0.4 is 0 Å².